The summed E-state index contributed by atoms with van der Waals surface area (Å²) in [5.41, 5.74) is 0.181. The Hall–Kier alpha value is 0.100. The van der Waals surface area contributed by atoms with Gasteiger partial charge in [-0.25, -0.2) is 0 Å². The zero-order valence-corrected chi connectivity index (χ0v) is 5.92. The van der Waals surface area contributed by atoms with Crippen LogP contribution in [-0.2, 0) is 4.79 Å². The van der Waals surface area contributed by atoms with E-state index >= 15 is 0 Å². The van der Waals surface area contributed by atoms with E-state index in [0.717, 1.165) is 6.42 Å². The second-order valence-corrected chi connectivity index (χ2v) is 2.43. The van der Waals surface area contributed by atoms with Crippen LogP contribution in [0.4, 0.5) is 0 Å². The standard InChI is InChI=1S/C5H11OP/c1-3-5(7)4(2)6/h5H,3,7H2,1-2H3. The van der Waals surface area contributed by atoms with Crippen molar-refractivity contribution >= 4 is 15.0 Å². The summed E-state index contributed by atoms with van der Waals surface area (Å²) in [6, 6.07) is 0. The van der Waals surface area contributed by atoms with Gasteiger partial charge in [-0.15, -0.1) is 9.24 Å². The van der Waals surface area contributed by atoms with E-state index in [2.05, 4.69) is 9.24 Å². The number of hydrogen-bond donors (Lipinski definition) is 0. The van der Waals surface area contributed by atoms with Crippen molar-refractivity contribution in [1.82, 2.24) is 0 Å². The summed E-state index contributed by atoms with van der Waals surface area (Å²) in [6.45, 7) is 3.61. The molecule has 0 aliphatic rings. The van der Waals surface area contributed by atoms with Crippen molar-refractivity contribution in [2.75, 3.05) is 0 Å². The van der Waals surface area contributed by atoms with E-state index in [1.807, 2.05) is 6.92 Å². The lowest BCUT2D eigenvalue weighted by Gasteiger charge is -1.98. The van der Waals surface area contributed by atoms with Gasteiger partial charge in [-0.2, -0.15) is 0 Å². The maximum Gasteiger partial charge on any atom is 0.136 e. The van der Waals surface area contributed by atoms with Crippen molar-refractivity contribution in [3.05, 3.63) is 0 Å². The van der Waals surface area contributed by atoms with Crippen LogP contribution in [0.2, 0.25) is 0 Å². The van der Waals surface area contributed by atoms with Crippen LogP contribution in [0.25, 0.3) is 0 Å². The fraction of sp³-hybridized carbons (Fsp3) is 0.800. The minimum absolute atomic E-state index is 0.181. The van der Waals surface area contributed by atoms with E-state index in [4.69, 9.17) is 0 Å². The van der Waals surface area contributed by atoms with Crippen molar-refractivity contribution in [1.29, 1.82) is 0 Å². The molecular formula is C5H11OP. The minimum Gasteiger partial charge on any atom is -0.299 e. The van der Waals surface area contributed by atoms with Gasteiger partial charge >= 0.3 is 0 Å². The van der Waals surface area contributed by atoms with E-state index in [9.17, 15) is 4.79 Å². The second-order valence-electron chi connectivity index (χ2n) is 1.63. The van der Waals surface area contributed by atoms with E-state index < -0.39 is 0 Å². The molecule has 2 heteroatoms. The molecule has 0 saturated heterocycles. The third-order valence-electron chi connectivity index (χ3n) is 0.962. The van der Waals surface area contributed by atoms with Gasteiger partial charge < -0.3 is 0 Å². The highest BCUT2D eigenvalue weighted by Gasteiger charge is 2.01. The molecular weight excluding hydrogens is 107 g/mol. The Morgan fingerprint density at radius 3 is 2.29 bits per heavy atom. The van der Waals surface area contributed by atoms with Crippen molar-refractivity contribution in [3.63, 3.8) is 0 Å². The molecule has 1 nitrogen and oxygen atoms in total. The number of carbonyl (C=O) groups excluding carboxylic acids is 1. The van der Waals surface area contributed by atoms with E-state index in [1.54, 1.807) is 6.92 Å². The van der Waals surface area contributed by atoms with Crippen molar-refractivity contribution in [2.45, 2.75) is 25.9 Å². The summed E-state index contributed by atoms with van der Waals surface area (Å²) in [5, 5.41) is 0. The summed E-state index contributed by atoms with van der Waals surface area (Å²) in [7, 11) is 2.50. The van der Waals surface area contributed by atoms with Crippen LogP contribution in [0.5, 0.6) is 0 Å². The Morgan fingerprint density at radius 2 is 2.29 bits per heavy atom. The summed E-state index contributed by atoms with van der Waals surface area (Å²) in [5.74, 6) is 0.257. The Labute approximate surface area is 46.7 Å². The molecule has 0 amide bonds. The zero-order chi connectivity index (χ0) is 5.86. The molecule has 0 aromatic carbocycles. The lowest BCUT2D eigenvalue weighted by Crippen LogP contribution is -2.06. The number of rotatable bonds is 2. The third kappa shape index (κ3) is 2.76. The molecule has 2 unspecified atom stereocenters. The van der Waals surface area contributed by atoms with Crippen LogP contribution in [0.15, 0.2) is 0 Å². The minimum atomic E-state index is 0.181. The first-order valence-corrected chi connectivity index (χ1v) is 3.11. The molecule has 7 heavy (non-hydrogen) atoms. The van der Waals surface area contributed by atoms with E-state index in [-0.39, 0.29) is 11.4 Å². The van der Waals surface area contributed by atoms with Gasteiger partial charge in [0, 0.05) is 5.66 Å². The van der Waals surface area contributed by atoms with Crippen molar-refractivity contribution in [2.24, 2.45) is 0 Å². The Balaban J connectivity index is 3.34. The average Bonchev–Trinajstić information content (AvgIpc) is 1.65. The van der Waals surface area contributed by atoms with Crippen LogP contribution >= 0.6 is 9.24 Å². The van der Waals surface area contributed by atoms with Gasteiger partial charge in [0.15, 0.2) is 0 Å². The van der Waals surface area contributed by atoms with Crippen LogP contribution in [0.1, 0.15) is 20.3 Å². The quantitative estimate of drug-likeness (QED) is 0.498. The maximum atomic E-state index is 10.4. The monoisotopic (exact) mass is 118 g/mol. The predicted molar refractivity (Wildman–Crippen MR) is 34.5 cm³/mol. The van der Waals surface area contributed by atoms with Gasteiger partial charge in [-0.1, -0.05) is 6.92 Å². The topological polar surface area (TPSA) is 17.1 Å². The highest BCUT2D eigenvalue weighted by atomic mass is 31.0. The molecule has 0 N–H and O–H groups in total. The second kappa shape index (κ2) is 3.15. The Bertz CT molecular complexity index is 70.5. The fourth-order valence-corrected chi connectivity index (χ4v) is 0.287. The van der Waals surface area contributed by atoms with Crippen molar-refractivity contribution < 1.29 is 4.79 Å². The molecule has 0 aromatic heterocycles. The summed E-state index contributed by atoms with van der Waals surface area (Å²) < 4.78 is 0. The van der Waals surface area contributed by atoms with Gasteiger partial charge in [0.05, 0.1) is 0 Å². The number of carbonyl (C=O) groups is 1. The van der Waals surface area contributed by atoms with Gasteiger partial charge in [0.2, 0.25) is 0 Å². The largest absolute Gasteiger partial charge is 0.299 e. The number of ketones is 1. The van der Waals surface area contributed by atoms with Crippen LogP contribution in [0, 0.1) is 0 Å². The van der Waals surface area contributed by atoms with Crippen LogP contribution in [-0.4, -0.2) is 11.4 Å². The van der Waals surface area contributed by atoms with Crippen LogP contribution < -0.4 is 0 Å². The SMILES string of the molecule is CCC(P)C(C)=O. The average molecular weight is 118 g/mol. The highest BCUT2D eigenvalue weighted by Crippen LogP contribution is 2.03. The molecule has 0 radical (unpaired) electrons. The first-order valence-electron chi connectivity index (χ1n) is 2.44. The fourth-order valence-electron chi connectivity index (χ4n) is 0.287. The Kier molecular flexibility index (Phi) is 3.19. The molecule has 0 spiro atoms. The molecule has 0 heterocycles. The first kappa shape index (κ1) is 7.10. The molecule has 0 aliphatic heterocycles. The molecule has 0 aliphatic carbocycles. The summed E-state index contributed by atoms with van der Waals surface area (Å²) in [6.07, 6.45) is 0.931. The molecule has 0 rings (SSSR count). The number of hydrogen-bond acceptors (Lipinski definition) is 1. The van der Waals surface area contributed by atoms with Gasteiger partial charge in [-0.05, 0) is 13.3 Å². The Morgan fingerprint density at radius 1 is 1.86 bits per heavy atom. The lowest BCUT2D eigenvalue weighted by atomic mass is 10.2. The summed E-state index contributed by atoms with van der Waals surface area (Å²) in [4.78, 5) is 10.4. The highest BCUT2D eigenvalue weighted by molar-refractivity contribution is 7.19. The van der Waals surface area contributed by atoms with Gasteiger partial charge in [-0.3, -0.25) is 4.79 Å². The summed E-state index contributed by atoms with van der Waals surface area (Å²) >= 11 is 0. The zero-order valence-electron chi connectivity index (χ0n) is 4.77. The maximum absolute atomic E-state index is 10.4. The first-order chi connectivity index (χ1) is 3.18. The molecule has 0 saturated carbocycles. The predicted octanol–water partition coefficient (Wildman–Crippen LogP) is 1.23. The molecule has 42 valence electrons. The van der Waals surface area contributed by atoms with Gasteiger partial charge in [0.1, 0.15) is 5.78 Å². The normalized spacial score (nSPS) is 13.6. The molecule has 0 fully saturated rings. The molecule has 0 bridgehead atoms. The van der Waals surface area contributed by atoms with Crippen molar-refractivity contribution in [3.8, 4) is 0 Å². The van der Waals surface area contributed by atoms with Gasteiger partial charge in [0.25, 0.3) is 0 Å². The number of Topliss-reactive ketones (excluding diaryl/α,β-unsaturated/α-hetero) is 1. The third-order valence-corrected chi connectivity index (χ3v) is 1.90. The smallest absolute Gasteiger partial charge is 0.136 e. The molecule has 0 aromatic rings. The molecule has 2 atom stereocenters. The van der Waals surface area contributed by atoms with E-state index in [1.165, 1.54) is 0 Å². The lowest BCUT2D eigenvalue weighted by molar-refractivity contribution is -0.116. The van der Waals surface area contributed by atoms with E-state index in [0.29, 0.717) is 0 Å². The van der Waals surface area contributed by atoms with Crippen LogP contribution in [0.3, 0.4) is 0 Å².